The Balaban J connectivity index is 1.98. The summed E-state index contributed by atoms with van der Waals surface area (Å²) in [6.07, 6.45) is 6.73. The van der Waals surface area contributed by atoms with Gasteiger partial charge in [0.05, 0.1) is 13.2 Å². The van der Waals surface area contributed by atoms with Crippen molar-refractivity contribution in [2.24, 2.45) is 0 Å². The molecule has 0 saturated heterocycles. The topological polar surface area (TPSA) is 47.6 Å². The Labute approximate surface area is 162 Å². The van der Waals surface area contributed by atoms with E-state index in [1.165, 1.54) is 24.5 Å². The van der Waals surface area contributed by atoms with Gasteiger partial charge in [-0.05, 0) is 68.2 Å². The van der Waals surface area contributed by atoms with Gasteiger partial charge < -0.3 is 14.8 Å². The normalized spacial score (nSPS) is 10.8. The number of amides is 1. The van der Waals surface area contributed by atoms with Crippen molar-refractivity contribution in [1.82, 2.24) is 0 Å². The molecule has 0 radical (unpaired) electrons. The molecule has 144 valence electrons. The highest BCUT2D eigenvalue weighted by Gasteiger charge is 2.05. The lowest BCUT2D eigenvalue weighted by Crippen LogP contribution is -2.07. The van der Waals surface area contributed by atoms with Gasteiger partial charge in [0, 0.05) is 11.8 Å². The first-order valence-electron chi connectivity index (χ1n) is 9.63. The van der Waals surface area contributed by atoms with E-state index in [0.717, 1.165) is 17.7 Å². The van der Waals surface area contributed by atoms with Crippen molar-refractivity contribution in [3.63, 3.8) is 0 Å². The Kier molecular flexibility index (Phi) is 8.43. The maximum absolute atomic E-state index is 12.2. The van der Waals surface area contributed by atoms with Crippen LogP contribution in [0.3, 0.4) is 0 Å². The van der Waals surface area contributed by atoms with Crippen LogP contribution < -0.4 is 14.8 Å². The smallest absolute Gasteiger partial charge is 0.248 e. The molecule has 0 bridgehead atoms. The average molecular weight is 367 g/mol. The van der Waals surface area contributed by atoms with Crippen molar-refractivity contribution < 1.29 is 14.3 Å². The molecule has 1 amide bonds. The van der Waals surface area contributed by atoms with E-state index >= 15 is 0 Å². The summed E-state index contributed by atoms with van der Waals surface area (Å²) in [4.78, 5) is 12.2. The molecular formula is C23H29NO3. The van der Waals surface area contributed by atoms with Crippen LogP contribution in [0, 0.1) is 0 Å². The predicted octanol–water partition coefficient (Wildman–Crippen LogP) is 5.48. The summed E-state index contributed by atoms with van der Waals surface area (Å²) in [5.74, 6) is 1.23. The van der Waals surface area contributed by atoms with Gasteiger partial charge in [-0.1, -0.05) is 31.5 Å². The summed E-state index contributed by atoms with van der Waals surface area (Å²) in [6.45, 7) is 7.18. The zero-order chi connectivity index (χ0) is 19.5. The fourth-order valence-electron chi connectivity index (χ4n) is 2.66. The SMILES string of the molecule is CCCCc1ccc(NC(=O)/C=C/c2ccc(OCC)c(OCC)c2)cc1. The third kappa shape index (κ3) is 6.81. The van der Waals surface area contributed by atoms with Gasteiger partial charge in [-0.15, -0.1) is 0 Å². The van der Waals surface area contributed by atoms with E-state index in [1.807, 2.05) is 44.2 Å². The monoisotopic (exact) mass is 367 g/mol. The minimum atomic E-state index is -0.164. The predicted molar refractivity (Wildman–Crippen MR) is 111 cm³/mol. The number of anilines is 1. The van der Waals surface area contributed by atoms with Gasteiger partial charge in [0.2, 0.25) is 5.91 Å². The third-order valence-corrected chi connectivity index (χ3v) is 4.04. The van der Waals surface area contributed by atoms with E-state index in [4.69, 9.17) is 9.47 Å². The van der Waals surface area contributed by atoms with Crippen molar-refractivity contribution in [3.05, 3.63) is 59.7 Å². The highest BCUT2D eigenvalue weighted by atomic mass is 16.5. The van der Waals surface area contributed by atoms with Crippen LogP contribution in [0.5, 0.6) is 11.5 Å². The Morgan fingerprint density at radius 3 is 2.33 bits per heavy atom. The van der Waals surface area contributed by atoms with Crippen molar-refractivity contribution in [3.8, 4) is 11.5 Å². The zero-order valence-corrected chi connectivity index (χ0v) is 16.5. The molecule has 0 spiro atoms. The minimum Gasteiger partial charge on any atom is -0.490 e. The van der Waals surface area contributed by atoms with Crippen LogP contribution in [0.2, 0.25) is 0 Å². The number of carbonyl (C=O) groups excluding carboxylic acids is 1. The van der Waals surface area contributed by atoms with Gasteiger partial charge >= 0.3 is 0 Å². The number of ether oxygens (including phenoxy) is 2. The molecule has 0 saturated carbocycles. The highest BCUT2D eigenvalue weighted by molar-refractivity contribution is 6.01. The zero-order valence-electron chi connectivity index (χ0n) is 16.5. The molecule has 2 aromatic carbocycles. The van der Waals surface area contributed by atoms with Gasteiger partial charge in [-0.2, -0.15) is 0 Å². The van der Waals surface area contributed by atoms with E-state index in [-0.39, 0.29) is 5.91 Å². The molecule has 0 aliphatic carbocycles. The first-order chi connectivity index (χ1) is 13.2. The number of benzene rings is 2. The Morgan fingerprint density at radius 1 is 0.963 bits per heavy atom. The Bertz CT molecular complexity index is 751. The van der Waals surface area contributed by atoms with Crippen molar-refractivity contribution >= 4 is 17.7 Å². The molecule has 2 aromatic rings. The minimum absolute atomic E-state index is 0.164. The Hall–Kier alpha value is -2.75. The lowest BCUT2D eigenvalue weighted by molar-refractivity contribution is -0.111. The Morgan fingerprint density at radius 2 is 1.67 bits per heavy atom. The number of hydrogen-bond acceptors (Lipinski definition) is 3. The highest BCUT2D eigenvalue weighted by Crippen LogP contribution is 2.29. The number of nitrogens with one attached hydrogen (secondary N) is 1. The lowest BCUT2D eigenvalue weighted by Gasteiger charge is -2.11. The van der Waals surface area contributed by atoms with Gasteiger partial charge in [0.25, 0.3) is 0 Å². The standard InChI is InChI=1S/C23H29NO3/c1-4-7-8-18-9-13-20(14-10-18)24-23(25)16-12-19-11-15-21(26-5-2)22(17-19)27-6-3/h9-17H,4-8H2,1-3H3,(H,24,25)/b16-12+. The summed E-state index contributed by atoms with van der Waals surface area (Å²) < 4.78 is 11.2. The summed E-state index contributed by atoms with van der Waals surface area (Å²) in [6, 6.07) is 13.7. The second-order valence-corrected chi connectivity index (χ2v) is 6.20. The summed E-state index contributed by atoms with van der Waals surface area (Å²) in [5.41, 5.74) is 2.97. The molecule has 0 aliphatic heterocycles. The van der Waals surface area contributed by atoms with Crippen LogP contribution in [0.4, 0.5) is 5.69 Å². The van der Waals surface area contributed by atoms with Crippen LogP contribution in [0.25, 0.3) is 6.08 Å². The quantitative estimate of drug-likeness (QED) is 0.566. The molecule has 4 heteroatoms. The molecule has 0 unspecified atom stereocenters. The van der Waals surface area contributed by atoms with Crippen LogP contribution in [-0.2, 0) is 11.2 Å². The maximum atomic E-state index is 12.2. The van der Waals surface area contributed by atoms with Gasteiger partial charge in [-0.3, -0.25) is 4.79 Å². The molecule has 1 N–H and O–H groups in total. The molecule has 0 heterocycles. The average Bonchev–Trinajstić information content (AvgIpc) is 2.68. The number of unbranched alkanes of at least 4 members (excludes halogenated alkanes) is 1. The van der Waals surface area contributed by atoms with Crippen LogP contribution in [0.15, 0.2) is 48.5 Å². The first kappa shape index (κ1) is 20.6. The van der Waals surface area contributed by atoms with E-state index < -0.39 is 0 Å². The number of carbonyl (C=O) groups is 1. The fourth-order valence-corrected chi connectivity index (χ4v) is 2.66. The molecule has 2 rings (SSSR count). The third-order valence-electron chi connectivity index (χ3n) is 4.04. The van der Waals surface area contributed by atoms with Crippen molar-refractivity contribution in [1.29, 1.82) is 0 Å². The molecule has 27 heavy (non-hydrogen) atoms. The number of hydrogen-bond donors (Lipinski definition) is 1. The van der Waals surface area contributed by atoms with E-state index in [0.29, 0.717) is 24.7 Å². The maximum Gasteiger partial charge on any atom is 0.248 e. The van der Waals surface area contributed by atoms with E-state index in [1.54, 1.807) is 6.08 Å². The van der Waals surface area contributed by atoms with Crippen molar-refractivity contribution in [2.75, 3.05) is 18.5 Å². The van der Waals surface area contributed by atoms with Crippen molar-refractivity contribution in [2.45, 2.75) is 40.0 Å². The van der Waals surface area contributed by atoms with Crippen LogP contribution in [-0.4, -0.2) is 19.1 Å². The van der Waals surface area contributed by atoms with Crippen LogP contribution in [0.1, 0.15) is 44.7 Å². The molecule has 0 atom stereocenters. The first-order valence-corrected chi connectivity index (χ1v) is 9.63. The summed E-state index contributed by atoms with van der Waals surface area (Å²) in [7, 11) is 0. The lowest BCUT2D eigenvalue weighted by atomic mass is 10.1. The van der Waals surface area contributed by atoms with Crippen LogP contribution >= 0.6 is 0 Å². The molecule has 0 fully saturated rings. The second-order valence-electron chi connectivity index (χ2n) is 6.20. The number of rotatable bonds is 10. The van der Waals surface area contributed by atoms with E-state index in [9.17, 15) is 4.79 Å². The van der Waals surface area contributed by atoms with Gasteiger partial charge in [0.1, 0.15) is 0 Å². The molecule has 4 nitrogen and oxygen atoms in total. The van der Waals surface area contributed by atoms with Gasteiger partial charge in [0.15, 0.2) is 11.5 Å². The second kappa shape index (κ2) is 11.1. The summed E-state index contributed by atoms with van der Waals surface area (Å²) >= 11 is 0. The van der Waals surface area contributed by atoms with Gasteiger partial charge in [-0.25, -0.2) is 0 Å². The fraction of sp³-hybridized carbons (Fsp3) is 0.348. The number of aryl methyl sites for hydroxylation is 1. The van der Waals surface area contributed by atoms with E-state index in [2.05, 4.69) is 24.4 Å². The molecule has 0 aromatic heterocycles. The molecular weight excluding hydrogens is 338 g/mol. The largest absolute Gasteiger partial charge is 0.490 e. The summed E-state index contributed by atoms with van der Waals surface area (Å²) in [5, 5.41) is 2.89. The molecule has 0 aliphatic rings.